The van der Waals surface area contributed by atoms with Crippen LogP contribution in [0.5, 0.6) is 0 Å². The minimum absolute atomic E-state index is 0.187. The normalized spacial score (nSPS) is 11.1. The van der Waals surface area contributed by atoms with Gasteiger partial charge in [0.2, 0.25) is 0 Å². The summed E-state index contributed by atoms with van der Waals surface area (Å²) in [5.74, 6) is -0.217. The van der Waals surface area contributed by atoms with Gasteiger partial charge in [-0.3, -0.25) is 14.7 Å². The molecule has 0 saturated heterocycles. The summed E-state index contributed by atoms with van der Waals surface area (Å²) in [5.41, 5.74) is 1.12. The van der Waals surface area contributed by atoms with E-state index < -0.39 is 5.97 Å². The highest BCUT2D eigenvalue weighted by atomic mass is 16.4. The number of rotatable bonds is 7. The Balaban J connectivity index is 2.53. The Kier molecular flexibility index (Phi) is 5.63. The van der Waals surface area contributed by atoms with Crippen molar-refractivity contribution < 1.29 is 9.90 Å². The van der Waals surface area contributed by atoms with Gasteiger partial charge in [0.05, 0.1) is 6.42 Å². The number of aromatic nitrogens is 1. The van der Waals surface area contributed by atoms with Crippen LogP contribution >= 0.6 is 0 Å². The van der Waals surface area contributed by atoms with E-state index >= 15 is 0 Å². The van der Waals surface area contributed by atoms with Crippen molar-refractivity contribution in [3.63, 3.8) is 0 Å². The van der Waals surface area contributed by atoms with Crippen molar-refractivity contribution in [3.8, 4) is 0 Å². The van der Waals surface area contributed by atoms with Gasteiger partial charge in [0.25, 0.3) is 0 Å². The molecule has 0 unspecified atom stereocenters. The van der Waals surface area contributed by atoms with Crippen LogP contribution in [0.25, 0.3) is 0 Å². The van der Waals surface area contributed by atoms with Gasteiger partial charge < -0.3 is 5.11 Å². The quantitative estimate of drug-likeness (QED) is 0.787. The Morgan fingerprint density at radius 3 is 2.82 bits per heavy atom. The number of pyridine rings is 1. The highest BCUT2D eigenvalue weighted by Gasteiger charge is 2.10. The van der Waals surface area contributed by atoms with Gasteiger partial charge in [-0.1, -0.05) is 19.9 Å². The van der Waals surface area contributed by atoms with Crippen molar-refractivity contribution in [3.05, 3.63) is 30.1 Å². The summed E-state index contributed by atoms with van der Waals surface area (Å²) in [7, 11) is 0. The van der Waals surface area contributed by atoms with Gasteiger partial charge in [0, 0.05) is 32.0 Å². The van der Waals surface area contributed by atoms with Crippen LogP contribution in [-0.2, 0) is 11.3 Å². The fraction of sp³-hybridized carbons (Fsp3) is 0.538. The van der Waals surface area contributed by atoms with E-state index in [1.165, 1.54) is 0 Å². The van der Waals surface area contributed by atoms with Crippen molar-refractivity contribution in [2.75, 3.05) is 13.1 Å². The van der Waals surface area contributed by atoms with Crippen LogP contribution in [0.15, 0.2) is 24.5 Å². The number of carboxylic acid groups (broad SMARTS) is 1. The molecule has 0 aliphatic carbocycles. The van der Waals surface area contributed by atoms with Crippen molar-refractivity contribution >= 4 is 5.97 Å². The predicted molar refractivity (Wildman–Crippen MR) is 66.6 cm³/mol. The van der Waals surface area contributed by atoms with Crippen LogP contribution in [-0.4, -0.2) is 34.0 Å². The Morgan fingerprint density at radius 1 is 1.53 bits per heavy atom. The number of aliphatic carboxylic acids is 1. The summed E-state index contributed by atoms with van der Waals surface area (Å²) in [5, 5.41) is 8.72. The Bertz CT molecular complexity index is 339. The first-order valence-corrected chi connectivity index (χ1v) is 5.91. The molecule has 94 valence electrons. The summed E-state index contributed by atoms with van der Waals surface area (Å²) in [6.45, 7) is 6.53. The molecule has 0 aromatic carbocycles. The molecule has 0 aliphatic rings. The second kappa shape index (κ2) is 7.01. The maximum absolute atomic E-state index is 10.6. The van der Waals surface area contributed by atoms with Crippen LogP contribution in [0.1, 0.15) is 25.8 Å². The number of carboxylic acids is 1. The lowest BCUT2D eigenvalue weighted by molar-refractivity contribution is -0.137. The molecular weight excluding hydrogens is 216 g/mol. The first kappa shape index (κ1) is 13.6. The standard InChI is InChI=1S/C13H20N2O2/c1-11(2)9-15(7-5-13(16)17)10-12-4-3-6-14-8-12/h3-4,6,8,11H,5,7,9-10H2,1-2H3,(H,16,17). The van der Waals surface area contributed by atoms with E-state index in [0.29, 0.717) is 12.5 Å². The van der Waals surface area contributed by atoms with Crippen LogP contribution in [0, 0.1) is 5.92 Å². The summed E-state index contributed by atoms with van der Waals surface area (Å²) in [6, 6.07) is 3.92. The summed E-state index contributed by atoms with van der Waals surface area (Å²) in [4.78, 5) is 16.8. The van der Waals surface area contributed by atoms with Crippen molar-refractivity contribution in [1.29, 1.82) is 0 Å². The van der Waals surface area contributed by atoms with Gasteiger partial charge in [0.15, 0.2) is 0 Å². The van der Waals surface area contributed by atoms with E-state index in [1.807, 2.05) is 18.3 Å². The van der Waals surface area contributed by atoms with Gasteiger partial charge in [-0.25, -0.2) is 0 Å². The molecule has 1 N–H and O–H groups in total. The molecule has 4 nitrogen and oxygen atoms in total. The smallest absolute Gasteiger partial charge is 0.304 e. The van der Waals surface area contributed by atoms with Crippen LogP contribution < -0.4 is 0 Å². The number of hydrogen-bond donors (Lipinski definition) is 1. The molecule has 0 bridgehead atoms. The van der Waals surface area contributed by atoms with Crippen LogP contribution in [0.2, 0.25) is 0 Å². The number of nitrogens with zero attached hydrogens (tertiary/aromatic N) is 2. The number of hydrogen-bond acceptors (Lipinski definition) is 3. The third kappa shape index (κ3) is 6.02. The molecule has 0 saturated carbocycles. The lowest BCUT2D eigenvalue weighted by Crippen LogP contribution is -2.29. The van der Waals surface area contributed by atoms with E-state index in [4.69, 9.17) is 5.11 Å². The largest absolute Gasteiger partial charge is 0.481 e. The maximum atomic E-state index is 10.6. The molecule has 1 rings (SSSR count). The third-order valence-corrected chi connectivity index (χ3v) is 2.39. The zero-order valence-corrected chi connectivity index (χ0v) is 10.5. The summed E-state index contributed by atoms with van der Waals surface area (Å²) < 4.78 is 0. The lowest BCUT2D eigenvalue weighted by atomic mass is 10.2. The van der Waals surface area contributed by atoms with E-state index in [1.54, 1.807) is 6.20 Å². The average Bonchev–Trinajstić information content (AvgIpc) is 2.26. The van der Waals surface area contributed by atoms with Gasteiger partial charge in [-0.2, -0.15) is 0 Å². The Morgan fingerprint density at radius 2 is 2.29 bits per heavy atom. The predicted octanol–water partition coefficient (Wildman–Crippen LogP) is 2.01. The van der Waals surface area contributed by atoms with Crippen molar-refractivity contribution in [2.24, 2.45) is 5.92 Å². The van der Waals surface area contributed by atoms with Crippen LogP contribution in [0.4, 0.5) is 0 Å². The molecular formula is C13H20N2O2. The van der Waals surface area contributed by atoms with Crippen molar-refractivity contribution in [1.82, 2.24) is 9.88 Å². The van der Waals surface area contributed by atoms with Crippen molar-refractivity contribution in [2.45, 2.75) is 26.8 Å². The highest BCUT2D eigenvalue weighted by Crippen LogP contribution is 2.07. The SMILES string of the molecule is CC(C)CN(CCC(=O)O)Cc1cccnc1. The Hall–Kier alpha value is -1.42. The van der Waals surface area contributed by atoms with E-state index in [9.17, 15) is 4.79 Å². The van der Waals surface area contributed by atoms with E-state index in [-0.39, 0.29) is 6.42 Å². The minimum atomic E-state index is -0.745. The minimum Gasteiger partial charge on any atom is -0.481 e. The monoisotopic (exact) mass is 236 g/mol. The lowest BCUT2D eigenvalue weighted by Gasteiger charge is -2.23. The fourth-order valence-corrected chi connectivity index (χ4v) is 1.75. The molecule has 1 aromatic rings. The molecule has 0 radical (unpaired) electrons. The highest BCUT2D eigenvalue weighted by molar-refractivity contribution is 5.66. The average molecular weight is 236 g/mol. The second-order valence-corrected chi connectivity index (χ2v) is 4.63. The van der Waals surface area contributed by atoms with E-state index in [2.05, 4.69) is 23.7 Å². The molecule has 0 fully saturated rings. The molecule has 0 spiro atoms. The van der Waals surface area contributed by atoms with Gasteiger partial charge >= 0.3 is 5.97 Å². The molecule has 1 heterocycles. The maximum Gasteiger partial charge on any atom is 0.304 e. The molecule has 0 amide bonds. The molecule has 17 heavy (non-hydrogen) atoms. The van der Waals surface area contributed by atoms with Gasteiger partial charge in [0.1, 0.15) is 0 Å². The third-order valence-electron chi connectivity index (χ3n) is 2.39. The Labute approximate surface area is 102 Å². The first-order chi connectivity index (χ1) is 8.08. The summed E-state index contributed by atoms with van der Waals surface area (Å²) >= 11 is 0. The summed E-state index contributed by atoms with van der Waals surface area (Å²) in [6.07, 6.45) is 3.76. The van der Waals surface area contributed by atoms with Crippen LogP contribution in [0.3, 0.4) is 0 Å². The molecule has 0 aliphatic heterocycles. The molecule has 4 heteroatoms. The number of carbonyl (C=O) groups is 1. The second-order valence-electron chi connectivity index (χ2n) is 4.63. The first-order valence-electron chi connectivity index (χ1n) is 5.91. The van der Waals surface area contributed by atoms with E-state index in [0.717, 1.165) is 18.7 Å². The molecule has 1 aromatic heterocycles. The molecule has 0 atom stereocenters. The fourth-order valence-electron chi connectivity index (χ4n) is 1.75. The zero-order chi connectivity index (χ0) is 12.7. The topological polar surface area (TPSA) is 53.4 Å². The van der Waals surface area contributed by atoms with Gasteiger partial charge in [-0.15, -0.1) is 0 Å². The van der Waals surface area contributed by atoms with Gasteiger partial charge in [-0.05, 0) is 17.5 Å². The zero-order valence-electron chi connectivity index (χ0n) is 10.5.